The van der Waals surface area contributed by atoms with Gasteiger partial charge in [0.05, 0.1) is 16.5 Å². The van der Waals surface area contributed by atoms with Gasteiger partial charge in [-0.1, -0.05) is 206 Å². The first-order chi connectivity index (χ1) is 35.7. The van der Waals surface area contributed by atoms with Crippen molar-refractivity contribution in [2.45, 2.75) is 20.6 Å². The molecule has 336 valence electrons. The lowest BCUT2D eigenvalue weighted by molar-refractivity contribution is 0.436. The van der Waals surface area contributed by atoms with Crippen molar-refractivity contribution >= 4 is 50.8 Å². The Morgan fingerprint density at radius 2 is 0.861 bits per heavy atom. The van der Waals surface area contributed by atoms with Crippen LogP contribution in [0.3, 0.4) is 0 Å². The normalized spacial score (nSPS) is 14.4. The molecule has 0 saturated carbocycles. The van der Waals surface area contributed by atoms with E-state index in [-0.39, 0.29) is 0 Å². The van der Waals surface area contributed by atoms with E-state index in [1.165, 1.54) is 65.4 Å². The minimum Gasteiger partial charge on any atom is -0.457 e. The number of nitrogens with zero attached hydrogens (tertiary/aromatic N) is 1. The SMILES string of the molecule is c1ccc(-c2cccc3oc4c(N(c5ccc6c(c5)Sc5ccccc5C65c6ccccc6-c6ccccc65)c5ccc6c(c5)C5(c7ccccc7O6)c6ccccc6-c6ccccc65)cccc4c23)cc1. The molecule has 72 heavy (non-hydrogen) atoms. The summed E-state index contributed by atoms with van der Waals surface area (Å²) in [5.41, 5.74) is 20.9. The Hall–Kier alpha value is -8.83. The van der Waals surface area contributed by atoms with Gasteiger partial charge in [-0.3, -0.25) is 0 Å². The van der Waals surface area contributed by atoms with Crippen LogP contribution in [0.15, 0.2) is 263 Å². The molecular formula is C68H41NO2S. The van der Waals surface area contributed by atoms with E-state index in [0.717, 1.165) is 72.8 Å². The first kappa shape index (κ1) is 40.0. The van der Waals surface area contributed by atoms with Gasteiger partial charge in [0.2, 0.25) is 0 Å². The summed E-state index contributed by atoms with van der Waals surface area (Å²) in [7, 11) is 0. The van der Waals surface area contributed by atoms with Crippen molar-refractivity contribution in [1.82, 2.24) is 0 Å². The highest BCUT2D eigenvalue weighted by molar-refractivity contribution is 7.99. The van der Waals surface area contributed by atoms with Crippen molar-refractivity contribution in [1.29, 1.82) is 0 Å². The molecule has 0 unspecified atom stereocenters. The van der Waals surface area contributed by atoms with E-state index in [9.17, 15) is 0 Å². The highest BCUT2D eigenvalue weighted by Crippen LogP contribution is 2.65. The summed E-state index contributed by atoms with van der Waals surface area (Å²) in [6, 6.07) is 91.3. The maximum Gasteiger partial charge on any atom is 0.159 e. The first-order valence-electron chi connectivity index (χ1n) is 24.7. The Kier molecular flexibility index (Phi) is 8.24. The lowest BCUT2D eigenvalue weighted by Crippen LogP contribution is -2.32. The maximum absolute atomic E-state index is 7.16. The predicted molar refractivity (Wildman–Crippen MR) is 293 cm³/mol. The molecule has 1 aromatic heterocycles. The third kappa shape index (κ3) is 5.16. The van der Waals surface area contributed by atoms with Crippen LogP contribution in [0, 0.1) is 0 Å². The fourth-order valence-electron chi connectivity index (χ4n) is 13.3. The molecule has 4 heteroatoms. The molecule has 0 saturated heterocycles. The van der Waals surface area contributed by atoms with Gasteiger partial charge < -0.3 is 14.1 Å². The van der Waals surface area contributed by atoms with E-state index < -0.39 is 10.8 Å². The number of para-hydroxylation sites is 2. The van der Waals surface area contributed by atoms with Gasteiger partial charge in [-0.25, -0.2) is 0 Å². The Morgan fingerprint density at radius 3 is 1.56 bits per heavy atom. The summed E-state index contributed by atoms with van der Waals surface area (Å²) >= 11 is 1.87. The van der Waals surface area contributed by atoms with Crippen molar-refractivity contribution in [3.8, 4) is 44.9 Å². The van der Waals surface area contributed by atoms with Crippen molar-refractivity contribution in [3.05, 3.63) is 293 Å². The molecule has 0 bridgehead atoms. The summed E-state index contributed by atoms with van der Waals surface area (Å²) in [5.74, 6) is 1.72. The van der Waals surface area contributed by atoms with Crippen molar-refractivity contribution < 1.29 is 9.15 Å². The first-order valence-corrected chi connectivity index (χ1v) is 25.6. The van der Waals surface area contributed by atoms with Crippen molar-refractivity contribution in [2.24, 2.45) is 0 Å². The number of hydrogen-bond donors (Lipinski definition) is 0. The zero-order chi connectivity index (χ0) is 47.1. The summed E-state index contributed by atoms with van der Waals surface area (Å²) in [5, 5.41) is 2.17. The third-order valence-electron chi connectivity index (χ3n) is 16.0. The second kappa shape index (κ2) is 14.8. The molecule has 0 fully saturated rings. The molecule has 4 aliphatic rings. The van der Waals surface area contributed by atoms with Gasteiger partial charge in [0.25, 0.3) is 0 Å². The summed E-state index contributed by atoms with van der Waals surface area (Å²) in [4.78, 5) is 4.91. The summed E-state index contributed by atoms with van der Waals surface area (Å²) in [6.07, 6.45) is 0. The second-order valence-electron chi connectivity index (χ2n) is 19.4. The number of fused-ring (bicyclic) bond motifs is 21. The van der Waals surface area contributed by atoms with E-state index in [0.29, 0.717) is 0 Å². The molecule has 2 aliphatic heterocycles. The van der Waals surface area contributed by atoms with Gasteiger partial charge in [0, 0.05) is 43.1 Å². The van der Waals surface area contributed by atoms with Crippen LogP contribution < -0.4 is 9.64 Å². The monoisotopic (exact) mass is 935 g/mol. The van der Waals surface area contributed by atoms with E-state index in [4.69, 9.17) is 9.15 Å². The fourth-order valence-corrected chi connectivity index (χ4v) is 14.5. The van der Waals surface area contributed by atoms with E-state index in [2.05, 4.69) is 254 Å². The number of ether oxygens (including phenoxy) is 1. The topological polar surface area (TPSA) is 25.6 Å². The summed E-state index contributed by atoms with van der Waals surface area (Å²) in [6.45, 7) is 0. The van der Waals surface area contributed by atoms with Crippen LogP contribution in [0.4, 0.5) is 17.1 Å². The van der Waals surface area contributed by atoms with Crippen molar-refractivity contribution in [3.63, 3.8) is 0 Å². The smallest absolute Gasteiger partial charge is 0.159 e. The molecule has 0 atom stereocenters. The molecular weight excluding hydrogens is 895 g/mol. The molecule has 0 N–H and O–H groups in total. The van der Waals surface area contributed by atoms with Crippen LogP contribution in [0.5, 0.6) is 11.5 Å². The maximum atomic E-state index is 7.16. The van der Waals surface area contributed by atoms with Crippen LogP contribution in [0.1, 0.15) is 44.5 Å². The number of rotatable bonds is 4. The molecule has 2 aliphatic carbocycles. The molecule has 2 spiro atoms. The average Bonchev–Trinajstić information content (AvgIpc) is 4.08. The second-order valence-corrected chi connectivity index (χ2v) is 20.5. The molecule has 11 aromatic carbocycles. The van der Waals surface area contributed by atoms with Gasteiger partial charge >= 0.3 is 0 Å². The highest BCUT2D eigenvalue weighted by atomic mass is 32.2. The Bertz CT molecular complexity index is 4170. The Labute approximate surface area is 421 Å². The van der Waals surface area contributed by atoms with E-state index >= 15 is 0 Å². The zero-order valence-corrected chi connectivity index (χ0v) is 39.7. The zero-order valence-electron chi connectivity index (χ0n) is 38.8. The molecule has 12 aromatic rings. The number of furan rings is 1. The molecule has 0 radical (unpaired) electrons. The Morgan fingerprint density at radius 1 is 0.347 bits per heavy atom. The molecule has 3 nitrogen and oxygen atoms in total. The molecule has 0 amide bonds. The highest BCUT2D eigenvalue weighted by Gasteiger charge is 2.52. The van der Waals surface area contributed by atoms with Crippen LogP contribution in [-0.4, -0.2) is 0 Å². The minimum absolute atomic E-state index is 0.494. The molecule has 3 heterocycles. The van der Waals surface area contributed by atoms with Crippen molar-refractivity contribution in [2.75, 3.05) is 4.90 Å². The third-order valence-corrected chi connectivity index (χ3v) is 17.1. The van der Waals surface area contributed by atoms with Crippen LogP contribution in [-0.2, 0) is 10.8 Å². The predicted octanol–water partition coefficient (Wildman–Crippen LogP) is 18.0. The number of benzene rings is 11. The van der Waals surface area contributed by atoms with Gasteiger partial charge in [-0.15, -0.1) is 0 Å². The van der Waals surface area contributed by atoms with Crippen LogP contribution in [0.2, 0.25) is 0 Å². The van der Waals surface area contributed by atoms with Gasteiger partial charge in [0.1, 0.15) is 17.1 Å². The fraction of sp³-hybridized carbons (Fsp3) is 0.0294. The lowest BCUT2D eigenvalue weighted by atomic mass is 9.66. The van der Waals surface area contributed by atoms with E-state index in [1.54, 1.807) is 0 Å². The summed E-state index contributed by atoms with van der Waals surface area (Å²) < 4.78 is 14.1. The lowest BCUT2D eigenvalue weighted by Gasteiger charge is -2.41. The van der Waals surface area contributed by atoms with Gasteiger partial charge in [0.15, 0.2) is 5.58 Å². The Balaban J connectivity index is 0.980. The average molecular weight is 936 g/mol. The van der Waals surface area contributed by atoms with E-state index in [1.807, 2.05) is 11.8 Å². The minimum atomic E-state index is -0.639. The molecule has 16 rings (SSSR count). The number of hydrogen-bond acceptors (Lipinski definition) is 4. The van der Waals surface area contributed by atoms with Gasteiger partial charge in [-0.2, -0.15) is 0 Å². The largest absolute Gasteiger partial charge is 0.457 e. The van der Waals surface area contributed by atoms with Crippen LogP contribution >= 0.6 is 11.8 Å². The van der Waals surface area contributed by atoms with Crippen LogP contribution in [0.25, 0.3) is 55.3 Å². The number of anilines is 3. The standard InChI is InChI=1S/C68H41NO2S/c1-2-18-42(19-3-1)45-24-17-34-62-65(45)50-25-16-32-59(66(50)71-62)69(43-37-39-61-58(40-43)67(55-30-12-14-33-60(55)70-61)51-26-8-4-20-46(51)47-21-5-9-27-52(47)67)44-36-38-57-64(41-44)72-63-35-15-13-31-56(63)68(57)53-28-10-6-22-48(53)49-23-7-11-29-54(49)68/h1-41H. The quantitative estimate of drug-likeness (QED) is 0.176. The van der Waals surface area contributed by atoms with Gasteiger partial charge in [-0.05, 0) is 121 Å².